The first-order valence-corrected chi connectivity index (χ1v) is 3.06. The molecule has 1 aromatic rings. The summed E-state index contributed by atoms with van der Waals surface area (Å²) in [6.45, 7) is 0.438. The second-order valence-corrected chi connectivity index (χ2v) is 1.96. The van der Waals surface area contributed by atoms with Crippen LogP contribution in [-0.4, -0.2) is 23.1 Å². The van der Waals surface area contributed by atoms with Gasteiger partial charge in [-0.3, -0.25) is 0 Å². The smallest absolute Gasteiger partial charge is 0.357 e. The van der Waals surface area contributed by atoms with Gasteiger partial charge in [0.15, 0.2) is 5.69 Å². The van der Waals surface area contributed by atoms with E-state index in [-0.39, 0.29) is 5.69 Å². The van der Waals surface area contributed by atoms with Crippen LogP contribution in [0.4, 0.5) is 0 Å². The molecule has 5 nitrogen and oxygen atoms in total. The van der Waals surface area contributed by atoms with Gasteiger partial charge in [0, 0.05) is 0 Å². The van der Waals surface area contributed by atoms with Gasteiger partial charge < -0.3 is 14.8 Å². The lowest BCUT2D eigenvalue weighted by atomic mass is 10.5. The standard InChI is InChI=1S/C6H8N2O3/c1-7-2-5-8-4(3-11-5)6(9)10/h3,7H,2H2,1H3,(H,9,10). The van der Waals surface area contributed by atoms with E-state index in [4.69, 9.17) is 9.52 Å². The predicted molar refractivity (Wildman–Crippen MR) is 36.2 cm³/mol. The van der Waals surface area contributed by atoms with Gasteiger partial charge in [0.2, 0.25) is 5.89 Å². The molecule has 0 saturated carbocycles. The molecule has 0 fully saturated rings. The number of nitrogens with zero attached hydrogens (tertiary/aromatic N) is 1. The van der Waals surface area contributed by atoms with Gasteiger partial charge in [-0.05, 0) is 7.05 Å². The number of carboxylic acid groups (broad SMARTS) is 1. The summed E-state index contributed by atoms with van der Waals surface area (Å²) in [7, 11) is 1.73. The Kier molecular flexibility index (Phi) is 2.22. The maximum absolute atomic E-state index is 10.3. The first-order valence-electron chi connectivity index (χ1n) is 3.06. The van der Waals surface area contributed by atoms with Crippen LogP contribution in [0.5, 0.6) is 0 Å². The Bertz CT molecular complexity index is 256. The van der Waals surface area contributed by atoms with Gasteiger partial charge in [-0.1, -0.05) is 0 Å². The molecule has 11 heavy (non-hydrogen) atoms. The molecule has 5 heteroatoms. The third-order valence-corrected chi connectivity index (χ3v) is 1.10. The Morgan fingerprint density at radius 1 is 1.91 bits per heavy atom. The number of carboxylic acids is 1. The van der Waals surface area contributed by atoms with E-state index >= 15 is 0 Å². The van der Waals surface area contributed by atoms with Gasteiger partial charge >= 0.3 is 5.97 Å². The SMILES string of the molecule is CNCc1nc(C(=O)O)co1. The number of rotatable bonds is 3. The zero-order valence-electron chi connectivity index (χ0n) is 6.00. The number of nitrogens with one attached hydrogen (secondary N) is 1. The van der Waals surface area contributed by atoms with Crippen LogP contribution in [-0.2, 0) is 6.54 Å². The van der Waals surface area contributed by atoms with Gasteiger partial charge in [0.25, 0.3) is 0 Å². The molecule has 0 aliphatic carbocycles. The molecule has 0 spiro atoms. The highest BCUT2D eigenvalue weighted by Gasteiger charge is 2.08. The van der Waals surface area contributed by atoms with Crippen LogP contribution in [0.25, 0.3) is 0 Å². The molecule has 0 aliphatic heterocycles. The number of aromatic nitrogens is 1. The van der Waals surface area contributed by atoms with Crippen molar-refractivity contribution < 1.29 is 14.3 Å². The lowest BCUT2D eigenvalue weighted by Crippen LogP contribution is -2.06. The van der Waals surface area contributed by atoms with Gasteiger partial charge in [-0.2, -0.15) is 0 Å². The minimum Gasteiger partial charge on any atom is -0.476 e. The fourth-order valence-electron chi connectivity index (χ4n) is 0.642. The van der Waals surface area contributed by atoms with E-state index in [9.17, 15) is 4.79 Å². The number of carbonyl (C=O) groups is 1. The quantitative estimate of drug-likeness (QED) is 0.648. The normalized spacial score (nSPS) is 9.91. The van der Waals surface area contributed by atoms with Crippen molar-refractivity contribution in [2.24, 2.45) is 0 Å². The largest absolute Gasteiger partial charge is 0.476 e. The zero-order valence-corrected chi connectivity index (χ0v) is 6.00. The van der Waals surface area contributed by atoms with Crippen molar-refractivity contribution >= 4 is 5.97 Å². The highest BCUT2D eigenvalue weighted by Crippen LogP contribution is 2.00. The van der Waals surface area contributed by atoms with E-state index in [1.807, 2.05) is 0 Å². The molecular formula is C6H8N2O3. The van der Waals surface area contributed by atoms with E-state index in [1.54, 1.807) is 7.05 Å². The summed E-state index contributed by atoms with van der Waals surface area (Å²) < 4.78 is 4.81. The van der Waals surface area contributed by atoms with E-state index in [1.165, 1.54) is 0 Å². The Balaban J connectivity index is 2.73. The molecule has 0 amide bonds. The predicted octanol–water partition coefficient (Wildman–Crippen LogP) is 0.0922. The van der Waals surface area contributed by atoms with Crippen molar-refractivity contribution in [3.05, 3.63) is 17.8 Å². The molecule has 0 bridgehead atoms. The fraction of sp³-hybridized carbons (Fsp3) is 0.333. The van der Waals surface area contributed by atoms with Gasteiger partial charge in [-0.25, -0.2) is 9.78 Å². The topological polar surface area (TPSA) is 75.4 Å². The molecule has 1 heterocycles. The minimum absolute atomic E-state index is 0.0600. The number of oxazole rings is 1. The van der Waals surface area contributed by atoms with Crippen molar-refractivity contribution in [3.63, 3.8) is 0 Å². The Hall–Kier alpha value is -1.36. The number of hydrogen-bond acceptors (Lipinski definition) is 4. The summed E-state index contributed by atoms with van der Waals surface area (Å²) in [6.07, 6.45) is 1.12. The molecule has 0 atom stereocenters. The third-order valence-electron chi connectivity index (χ3n) is 1.10. The van der Waals surface area contributed by atoms with Gasteiger partial charge in [0.1, 0.15) is 6.26 Å². The maximum atomic E-state index is 10.3. The molecule has 0 radical (unpaired) electrons. The Morgan fingerprint density at radius 3 is 3.09 bits per heavy atom. The van der Waals surface area contributed by atoms with Crippen LogP contribution in [0.2, 0.25) is 0 Å². The maximum Gasteiger partial charge on any atom is 0.357 e. The van der Waals surface area contributed by atoms with Crippen LogP contribution >= 0.6 is 0 Å². The summed E-state index contributed by atoms with van der Waals surface area (Å²) in [5.74, 6) is -0.694. The molecule has 1 aromatic heterocycles. The van der Waals surface area contributed by atoms with Crippen molar-refractivity contribution in [2.75, 3.05) is 7.05 Å². The average molecular weight is 156 g/mol. The molecule has 60 valence electrons. The Labute approximate surface area is 63.0 Å². The molecular weight excluding hydrogens is 148 g/mol. The van der Waals surface area contributed by atoms with Crippen molar-refractivity contribution in [2.45, 2.75) is 6.54 Å². The summed E-state index contributed by atoms with van der Waals surface area (Å²) >= 11 is 0. The highest BCUT2D eigenvalue weighted by atomic mass is 16.4. The second kappa shape index (κ2) is 3.16. The van der Waals surface area contributed by atoms with Gasteiger partial charge in [0.05, 0.1) is 6.54 Å². The lowest BCUT2D eigenvalue weighted by Gasteiger charge is -1.88. The average Bonchev–Trinajstić information content (AvgIpc) is 2.37. The van der Waals surface area contributed by atoms with Crippen LogP contribution < -0.4 is 5.32 Å². The van der Waals surface area contributed by atoms with Crippen LogP contribution in [0.1, 0.15) is 16.4 Å². The number of hydrogen-bond donors (Lipinski definition) is 2. The third kappa shape index (κ3) is 1.78. The number of aromatic carboxylic acids is 1. The van der Waals surface area contributed by atoms with Crippen molar-refractivity contribution in [3.8, 4) is 0 Å². The van der Waals surface area contributed by atoms with Crippen LogP contribution in [0, 0.1) is 0 Å². The van der Waals surface area contributed by atoms with Gasteiger partial charge in [-0.15, -0.1) is 0 Å². The summed E-state index contributed by atoms with van der Waals surface area (Å²) in [5, 5.41) is 11.2. The highest BCUT2D eigenvalue weighted by molar-refractivity contribution is 5.84. The minimum atomic E-state index is -1.07. The molecule has 0 aliphatic rings. The molecule has 1 rings (SSSR count). The molecule has 2 N–H and O–H groups in total. The second-order valence-electron chi connectivity index (χ2n) is 1.96. The first-order chi connectivity index (χ1) is 5.24. The van der Waals surface area contributed by atoms with Crippen LogP contribution in [0.3, 0.4) is 0 Å². The monoisotopic (exact) mass is 156 g/mol. The van der Waals surface area contributed by atoms with E-state index in [2.05, 4.69) is 10.3 Å². The summed E-state index contributed by atoms with van der Waals surface area (Å²) in [5.41, 5.74) is -0.0600. The van der Waals surface area contributed by atoms with E-state index in [0.717, 1.165) is 6.26 Å². The molecule has 0 saturated heterocycles. The van der Waals surface area contributed by atoms with Crippen molar-refractivity contribution in [1.82, 2.24) is 10.3 Å². The molecule has 0 aromatic carbocycles. The van der Waals surface area contributed by atoms with Crippen molar-refractivity contribution in [1.29, 1.82) is 0 Å². The first kappa shape index (κ1) is 7.74. The van der Waals surface area contributed by atoms with Crippen LogP contribution in [0.15, 0.2) is 10.7 Å². The lowest BCUT2D eigenvalue weighted by molar-refractivity contribution is 0.0690. The van der Waals surface area contributed by atoms with E-state index in [0.29, 0.717) is 12.4 Å². The summed E-state index contributed by atoms with van der Waals surface area (Å²) in [6, 6.07) is 0. The fourth-order valence-corrected chi connectivity index (χ4v) is 0.642. The molecule has 0 unspecified atom stereocenters. The Morgan fingerprint density at radius 2 is 2.64 bits per heavy atom. The zero-order chi connectivity index (χ0) is 8.27. The van der Waals surface area contributed by atoms with E-state index < -0.39 is 5.97 Å². The summed E-state index contributed by atoms with van der Waals surface area (Å²) in [4.78, 5) is 13.9.